The molecule has 240 valence electrons. The van der Waals surface area contributed by atoms with E-state index in [0.29, 0.717) is 48.5 Å². The lowest BCUT2D eigenvalue weighted by atomic mass is 9.90. The molecule has 0 fully saturated rings. The number of hydrogen-bond acceptors (Lipinski definition) is 4. The summed E-state index contributed by atoms with van der Waals surface area (Å²) in [6, 6.07) is 34.9. The highest BCUT2D eigenvalue weighted by Gasteiger charge is 2.34. The fraction of sp³-hybridized carbons (Fsp3) is 0.222. The van der Waals surface area contributed by atoms with E-state index < -0.39 is 21.8 Å². The fourth-order valence-electron chi connectivity index (χ4n) is 5.59. The van der Waals surface area contributed by atoms with Crippen LogP contribution in [0.25, 0.3) is 10.8 Å². The molecule has 0 atom stereocenters. The predicted molar refractivity (Wildman–Crippen MR) is 179 cm³/mol. The Morgan fingerprint density at radius 1 is 0.804 bits per heavy atom. The smallest absolute Gasteiger partial charge is 0.417 e. The molecule has 10 heteroatoms. The van der Waals surface area contributed by atoms with Crippen LogP contribution in [0.5, 0.6) is 5.75 Å². The second kappa shape index (κ2) is 14.6. The summed E-state index contributed by atoms with van der Waals surface area (Å²) in [6.45, 7) is 1.61. The van der Waals surface area contributed by atoms with Crippen LogP contribution in [0.2, 0.25) is 5.02 Å². The predicted octanol–water partition coefficient (Wildman–Crippen LogP) is 8.99. The summed E-state index contributed by atoms with van der Waals surface area (Å²) in [7, 11) is -3.47. The van der Waals surface area contributed by atoms with Gasteiger partial charge in [0.1, 0.15) is 5.75 Å². The topological polar surface area (TPSA) is 58.6 Å². The minimum atomic E-state index is -4.56. The highest BCUT2D eigenvalue weighted by molar-refractivity contribution is 7.92. The summed E-state index contributed by atoms with van der Waals surface area (Å²) in [4.78, 5) is 2.12. The first kappa shape index (κ1) is 33.3. The molecule has 5 aromatic rings. The second-order valence-corrected chi connectivity index (χ2v) is 13.2. The Morgan fingerprint density at radius 2 is 1.41 bits per heavy atom. The van der Waals surface area contributed by atoms with Crippen molar-refractivity contribution in [1.82, 2.24) is 4.90 Å². The molecule has 0 aliphatic rings. The number of hydrogen-bond donors (Lipinski definition) is 1. The molecule has 0 aliphatic heterocycles. The molecule has 0 spiro atoms. The van der Waals surface area contributed by atoms with Gasteiger partial charge < -0.3 is 4.74 Å². The van der Waals surface area contributed by atoms with Gasteiger partial charge in [0.2, 0.25) is 10.0 Å². The van der Waals surface area contributed by atoms with Crippen molar-refractivity contribution < 1.29 is 26.3 Å². The molecule has 5 aromatic carbocycles. The van der Waals surface area contributed by atoms with Gasteiger partial charge in [-0.25, -0.2) is 8.42 Å². The summed E-state index contributed by atoms with van der Waals surface area (Å²) in [6.07, 6.45) is -2.88. The highest BCUT2D eigenvalue weighted by atomic mass is 35.5. The minimum Gasteiger partial charge on any atom is -0.493 e. The normalized spacial score (nSPS) is 12.2. The van der Waals surface area contributed by atoms with E-state index in [9.17, 15) is 21.6 Å². The number of halogens is 4. The first-order valence-corrected chi connectivity index (χ1v) is 17.1. The summed E-state index contributed by atoms with van der Waals surface area (Å²) >= 11 is 6.34. The van der Waals surface area contributed by atoms with E-state index in [1.807, 2.05) is 54.6 Å². The summed E-state index contributed by atoms with van der Waals surface area (Å²) in [5.41, 5.74) is 2.21. The molecule has 5 nitrogen and oxygen atoms in total. The molecular formula is C36H34ClF3N2O3S. The van der Waals surface area contributed by atoms with E-state index in [4.69, 9.17) is 16.3 Å². The van der Waals surface area contributed by atoms with E-state index in [1.165, 1.54) is 6.07 Å². The third kappa shape index (κ3) is 8.60. The average Bonchev–Trinajstić information content (AvgIpc) is 3.02. The molecule has 0 saturated heterocycles. The number of fused-ring (bicyclic) bond motifs is 1. The van der Waals surface area contributed by atoms with Crippen molar-refractivity contribution in [2.24, 2.45) is 0 Å². The lowest BCUT2D eigenvalue weighted by Crippen LogP contribution is -2.31. The standard InChI is InChI=1S/C36H34ClF3N2O3S/c1-46(43,44)41-33-20-9-18-30-29(33)17-10-21-34(30)45-23-11-22-42(24-28-16-8-19-32(35(28)37)36(38,39)40)25-31(26-12-4-2-5-13-26)27-14-6-3-7-15-27/h2-10,12-21,31,41H,11,22-25H2,1H3. The van der Waals surface area contributed by atoms with E-state index in [-0.39, 0.29) is 17.5 Å². The van der Waals surface area contributed by atoms with Gasteiger partial charge in [0, 0.05) is 36.3 Å². The maximum Gasteiger partial charge on any atom is 0.417 e. The van der Waals surface area contributed by atoms with Crippen molar-refractivity contribution in [1.29, 1.82) is 0 Å². The van der Waals surface area contributed by atoms with Crippen molar-refractivity contribution in [3.05, 3.63) is 143 Å². The molecule has 0 amide bonds. The Hall–Kier alpha value is -4.05. The molecule has 0 saturated carbocycles. The number of nitrogens with zero attached hydrogens (tertiary/aromatic N) is 1. The van der Waals surface area contributed by atoms with E-state index >= 15 is 0 Å². The molecule has 0 bridgehead atoms. The first-order valence-electron chi connectivity index (χ1n) is 14.8. The van der Waals surface area contributed by atoms with Crippen molar-refractivity contribution >= 4 is 38.1 Å². The molecule has 0 aromatic heterocycles. The number of benzene rings is 5. The second-order valence-electron chi connectivity index (χ2n) is 11.1. The molecule has 0 heterocycles. The zero-order valence-electron chi connectivity index (χ0n) is 25.2. The van der Waals surface area contributed by atoms with Gasteiger partial charge >= 0.3 is 6.18 Å². The van der Waals surface area contributed by atoms with Gasteiger partial charge in [0.05, 0.1) is 29.1 Å². The number of nitrogens with one attached hydrogen (secondary N) is 1. The SMILES string of the molecule is CS(=O)(=O)Nc1cccc2c(OCCCN(Cc3cccc(C(F)(F)F)c3Cl)CC(c3ccccc3)c3ccccc3)cccc12. The quantitative estimate of drug-likeness (QED) is 0.128. The lowest BCUT2D eigenvalue weighted by molar-refractivity contribution is -0.137. The Bertz CT molecular complexity index is 1830. The molecule has 5 rings (SSSR count). The van der Waals surface area contributed by atoms with Gasteiger partial charge in [-0.3, -0.25) is 9.62 Å². The molecule has 0 radical (unpaired) electrons. The molecule has 46 heavy (non-hydrogen) atoms. The van der Waals surface area contributed by atoms with Gasteiger partial charge in [-0.15, -0.1) is 0 Å². The number of alkyl halides is 3. The van der Waals surface area contributed by atoms with Gasteiger partial charge in [-0.2, -0.15) is 13.2 Å². The summed E-state index contributed by atoms with van der Waals surface area (Å²) in [5, 5.41) is 1.18. The molecule has 0 aliphatic carbocycles. The number of ether oxygens (including phenoxy) is 1. The zero-order valence-corrected chi connectivity index (χ0v) is 26.7. The maximum atomic E-state index is 13.7. The van der Waals surface area contributed by atoms with Gasteiger partial charge in [0.25, 0.3) is 0 Å². The first-order chi connectivity index (χ1) is 22.0. The molecule has 0 unspecified atom stereocenters. The van der Waals surface area contributed by atoms with Gasteiger partial charge in [-0.05, 0) is 41.3 Å². The van der Waals surface area contributed by atoms with Crippen molar-refractivity contribution in [3.63, 3.8) is 0 Å². The van der Waals surface area contributed by atoms with Crippen LogP contribution in [0.15, 0.2) is 115 Å². The monoisotopic (exact) mass is 666 g/mol. The summed E-state index contributed by atoms with van der Waals surface area (Å²) in [5.74, 6) is 0.570. The Morgan fingerprint density at radius 3 is 2.04 bits per heavy atom. The Labute approximate surface area is 272 Å². The van der Waals surface area contributed by atoms with Crippen molar-refractivity contribution in [2.45, 2.75) is 25.1 Å². The van der Waals surface area contributed by atoms with Crippen LogP contribution in [0.1, 0.15) is 34.6 Å². The largest absolute Gasteiger partial charge is 0.493 e. The van der Waals surface area contributed by atoms with Crippen LogP contribution in [0.3, 0.4) is 0 Å². The fourth-order valence-corrected chi connectivity index (χ4v) is 6.47. The van der Waals surface area contributed by atoms with Crippen LogP contribution in [-0.2, 0) is 22.7 Å². The number of sulfonamides is 1. The number of rotatable bonds is 13. The van der Waals surface area contributed by atoms with Crippen LogP contribution in [0.4, 0.5) is 18.9 Å². The number of anilines is 1. The molecular weight excluding hydrogens is 633 g/mol. The van der Waals surface area contributed by atoms with Crippen LogP contribution >= 0.6 is 11.6 Å². The van der Waals surface area contributed by atoms with E-state index in [0.717, 1.165) is 28.8 Å². The van der Waals surface area contributed by atoms with E-state index in [1.54, 1.807) is 24.3 Å². The minimum absolute atomic E-state index is 0.0354. The van der Waals surface area contributed by atoms with Crippen molar-refractivity contribution in [2.75, 3.05) is 30.7 Å². The van der Waals surface area contributed by atoms with Crippen molar-refractivity contribution in [3.8, 4) is 5.75 Å². The van der Waals surface area contributed by atoms with Gasteiger partial charge in [-0.1, -0.05) is 109 Å². The Balaban J connectivity index is 1.38. The van der Waals surface area contributed by atoms with Crippen LogP contribution < -0.4 is 9.46 Å². The van der Waals surface area contributed by atoms with Crippen LogP contribution in [-0.4, -0.2) is 39.3 Å². The van der Waals surface area contributed by atoms with Crippen LogP contribution in [0, 0.1) is 0 Å². The van der Waals surface area contributed by atoms with E-state index in [2.05, 4.69) is 33.9 Å². The molecule has 1 N–H and O–H groups in total. The zero-order chi connectivity index (χ0) is 32.7. The average molecular weight is 667 g/mol. The highest BCUT2D eigenvalue weighted by Crippen LogP contribution is 2.37. The third-order valence-corrected chi connectivity index (χ3v) is 8.71. The lowest BCUT2D eigenvalue weighted by Gasteiger charge is -2.29. The summed E-state index contributed by atoms with van der Waals surface area (Å²) < 4.78 is 73.6. The maximum absolute atomic E-state index is 13.7. The van der Waals surface area contributed by atoms with Gasteiger partial charge in [0.15, 0.2) is 0 Å². The third-order valence-electron chi connectivity index (χ3n) is 7.68. The Kier molecular flexibility index (Phi) is 10.6.